The molecule has 5 nitrogen and oxygen atoms in total. The maximum Gasteiger partial charge on any atom is 0.278 e. The van der Waals surface area contributed by atoms with E-state index in [0.717, 1.165) is 49.2 Å². The van der Waals surface area contributed by atoms with Gasteiger partial charge in [-0.15, -0.1) is 0 Å². The van der Waals surface area contributed by atoms with E-state index in [4.69, 9.17) is 16.3 Å². The summed E-state index contributed by atoms with van der Waals surface area (Å²) in [5.41, 5.74) is 2.63. The smallest absolute Gasteiger partial charge is 0.278 e. The standard InChI is InChI=1S/C26H29ClN2O3/c1-3-15-32-22-12-8-20(9-13-22)23-24(28-14-4-5-18(2)16-28)26(31)29(25(23)30)17-19-6-10-21(27)11-7-19/h6-13,18H,3-5,14-17H2,1-2H3. The highest BCUT2D eigenvalue weighted by Crippen LogP contribution is 2.35. The molecule has 0 spiro atoms. The number of piperidine rings is 1. The Balaban J connectivity index is 1.68. The fourth-order valence-electron chi connectivity index (χ4n) is 4.36. The van der Waals surface area contributed by atoms with E-state index in [9.17, 15) is 9.59 Å². The van der Waals surface area contributed by atoms with E-state index >= 15 is 0 Å². The minimum atomic E-state index is -0.250. The number of imide groups is 1. The molecular formula is C26H29ClN2O3. The van der Waals surface area contributed by atoms with Crippen LogP contribution in [0.2, 0.25) is 5.02 Å². The average Bonchev–Trinajstić information content (AvgIpc) is 3.04. The van der Waals surface area contributed by atoms with Crippen LogP contribution in [0.1, 0.15) is 44.2 Å². The molecule has 2 aromatic carbocycles. The molecule has 2 aromatic rings. The number of benzene rings is 2. The fraction of sp³-hybridized carbons (Fsp3) is 0.385. The summed E-state index contributed by atoms with van der Waals surface area (Å²) in [6.45, 7) is 6.69. The van der Waals surface area contributed by atoms with Gasteiger partial charge in [0.2, 0.25) is 0 Å². The lowest BCUT2D eigenvalue weighted by atomic mass is 9.97. The number of carbonyl (C=O) groups is 2. The Bertz CT molecular complexity index is 1010. The third-order valence-corrected chi connectivity index (χ3v) is 6.24. The number of halogens is 1. The highest BCUT2D eigenvalue weighted by Gasteiger charge is 2.42. The van der Waals surface area contributed by atoms with Crippen molar-refractivity contribution in [2.24, 2.45) is 5.92 Å². The number of ether oxygens (including phenoxy) is 1. The predicted molar refractivity (Wildman–Crippen MR) is 126 cm³/mol. The molecule has 0 bridgehead atoms. The van der Waals surface area contributed by atoms with Gasteiger partial charge in [-0.05, 0) is 60.6 Å². The van der Waals surface area contributed by atoms with Crippen LogP contribution in [0.5, 0.6) is 5.75 Å². The first-order valence-electron chi connectivity index (χ1n) is 11.3. The van der Waals surface area contributed by atoms with E-state index in [-0.39, 0.29) is 18.4 Å². The summed E-state index contributed by atoms with van der Waals surface area (Å²) in [4.78, 5) is 30.5. The molecule has 6 heteroatoms. The van der Waals surface area contributed by atoms with Crippen LogP contribution in [-0.2, 0) is 16.1 Å². The molecule has 2 aliphatic rings. The Kier molecular flexibility index (Phi) is 6.85. The second kappa shape index (κ2) is 9.78. The van der Waals surface area contributed by atoms with Gasteiger partial charge in [0.1, 0.15) is 11.4 Å². The van der Waals surface area contributed by atoms with Crippen LogP contribution in [-0.4, -0.2) is 41.3 Å². The van der Waals surface area contributed by atoms with E-state index in [0.29, 0.717) is 28.8 Å². The Morgan fingerprint density at radius 2 is 1.75 bits per heavy atom. The van der Waals surface area contributed by atoms with Crippen molar-refractivity contribution in [2.45, 2.75) is 39.7 Å². The minimum Gasteiger partial charge on any atom is -0.494 e. The summed E-state index contributed by atoms with van der Waals surface area (Å²) in [5.74, 6) is 0.774. The lowest BCUT2D eigenvalue weighted by Crippen LogP contribution is -2.39. The highest BCUT2D eigenvalue weighted by atomic mass is 35.5. The van der Waals surface area contributed by atoms with Gasteiger partial charge >= 0.3 is 0 Å². The largest absolute Gasteiger partial charge is 0.494 e. The van der Waals surface area contributed by atoms with Gasteiger partial charge in [-0.1, -0.05) is 49.7 Å². The highest BCUT2D eigenvalue weighted by molar-refractivity contribution is 6.35. The molecule has 1 atom stereocenters. The number of likely N-dealkylation sites (tertiary alicyclic amines) is 1. The molecule has 2 amide bonds. The van der Waals surface area contributed by atoms with Gasteiger partial charge in [0, 0.05) is 18.1 Å². The molecule has 168 valence electrons. The van der Waals surface area contributed by atoms with Crippen molar-refractivity contribution in [3.63, 3.8) is 0 Å². The maximum absolute atomic E-state index is 13.5. The topological polar surface area (TPSA) is 49.9 Å². The van der Waals surface area contributed by atoms with Crippen LogP contribution >= 0.6 is 11.6 Å². The van der Waals surface area contributed by atoms with Crippen LogP contribution in [0.3, 0.4) is 0 Å². The molecule has 0 radical (unpaired) electrons. The van der Waals surface area contributed by atoms with Gasteiger partial charge in [-0.25, -0.2) is 0 Å². The Morgan fingerprint density at radius 1 is 1.03 bits per heavy atom. The van der Waals surface area contributed by atoms with Crippen molar-refractivity contribution in [1.29, 1.82) is 0 Å². The molecule has 2 aliphatic heterocycles. The molecule has 32 heavy (non-hydrogen) atoms. The van der Waals surface area contributed by atoms with E-state index in [2.05, 4.69) is 18.7 Å². The number of nitrogens with zero attached hydrogens (tertiary/aromatic N) is 2. The molecule has 0 N–H and O–H groups in total. The zero-order valence-electron chi connectivity index (χ0n) is 18.6. The SMILES string of the molecule is CCCOc1ccc(C2=C(N3CCCC(C)C3)C(=O)N(Cc3ccc(Cl)cc3)C2=O)cc1. The number of amides is 2. The second-order valence-electron chi connectivity index (χ2n) is 8.61. The van der Waals surface area contributed by atoms with E-state index in [1.807, 2.05) is 36.4 Å². The van der Waals surface area contributed by atoms with E-state index < -0.39 is 0 Å². The van der Waals surface area contributed by atoms with Gasteiger partial charge in [-0.2, -0.15) is 0 Å². The summed E-state index contributed by atoms with van der Waals surface area (Å²) >= 11 is 6.00. The fourth-order valence-corrected chi connectivity index (χ4v) is 4.49. The molecule has 1 saturated heterocycles. The number of hydrogen-bond acceptors (Lipinski definition) is 4. The predicted octanol–water partition coefficient (Wildman–Crippen LogP) is 5.14. The first-order valence-corrected chi connectivity index (χ1v) is 11.7. The van der Waals surface area contributed by atoms with E-state index in [1.54, 1.807) is 12.1 Å². The van der Waals surface area contributed by atoms with Crippen LogP contribution in [0.4, 0.5) is 0 Å². The summed E-state index contributed by atoms with van der Waals surface area (Å²) < 4.78 is 5.69. The zero-order valence-corrected chi connectivity index (χ0v) is 19.4. The normalized spacial score (nSPS) is 19.2. The lowest BCUT2D eigenvalue weighted by Gasteiger charge is -2.33. The maximum atomic E-state index is 13.5. The van der Waals surface area contributed by atoms with Crippen LogP contribution in [0, 0.1) is 5.92 Å². The summed E-state index contributed by atoms with van der Waals surface area (Å²) in [6, 6.07) is 14.8. The number of hydrogen-bond donors (Lipinski definition) is 0. The van der Waals surface area contributed by atoms with Crippen molar-refractivity contribution in [3.8, 4) is 5.75 Å². The third kappa shape index (κ3) is 4.68. The van der Waals surface area contributed by atoms with E-state index in [1.165, 1.54) is 4.90 Å². The molecule has 0 saturated carbocycles. The second-order valence-corrected chi connectivity index (χ2v) is 9.05. The quantitative estimate of drug-likeness (QED) is 0.546. The molecule has 0 aromatic heterocycles. The Hall–Kier alpha value is -2.79. The summed E-state index contributed by atoms with van der Waals surface area (Å²) in [6.07, 6.45) is 3.08. The van der Waals surface area contributed by atoms with Crippen molar-refractivity contribution in [2.75, 3.05) is 19.7 Å². The molecule has 1 fully saturated rings. The average molecular weight is 453 g/mol. The van der Waals surface area contributed by atoms with Gasteiger partial charge < -0.3 is 9.64 Å². The molecule has 4 rings (SSSR count). The summed E-state index contributed by atoms with van der Waals surface area (Å²) in [5, 5.41) is 0.625. The van der Waals surface area contributed by atoms with Gasteiger partial charge in [0.25, 0.3) is 11.8 Å². The van der Waals surface area contributed by atoms with Crippen molar-refractivity contribution < 1.29 is 14.3 Å². The zero-order chi connectivity index (χ0) is 22.7. The van der Waals surface area contributed by atoms with Crippen LogP contribution < -0.4 is 4.74 Å². The first kappa shape index (κ1) is 22.4. The Labute approximate surface area is 194 Å². The minimum absolute atomic E-state index is 0.222. The van der Waals surface area contributed by atoms with Crippen LogP contribution in [0.25, 0.3) is 5.57 Å². The first-order chi connectivity index (χ1) is 15.5. The third-order valence-electron chi connectivity index (χ3n) is 5.99. The molecule has 2 heterocycles. The molecule has 1 unspecified atom stereocenters. The van der Waals surface area contributed by atoms with Crippen molar-refractivity contribution in [3.05, 3.63) is 70.4 Å². The molecule has 0 aliphatic carbocycles. The summed E-state index contributed by atoms with van der Waals surface area (Å²) in [7, 11) is 0. The Morgan fingerprint density at radius 3 is 2.41 bits per heavy atom. The van der Waals surface area contributed by atoms with Crippen molar-refractivity contribution >= 4 is 29.0 Å². The van der Waals surface area contributed by atoms with Gasteiger partial charge in [0.15, 0.2) is 0 Å². The van der Waals surface area contributed by atoms with Gasteiger partial charge in [0.05, 0.1) is 18.7 Å². The number of carbonyl (C=O) groups excluding carboxylic acids is 2. The monoisotopic (exact) mass is 452 g/mol. The molecular weight excluding hydrogens is 424 g/mol. The lowest BCUT2D eigenvalue weighted by molar-refractivity contribution is -0.138. The van der Waals surface area contributed by atoms with Gasteiger partial charge in [-0.3, -0.25) is 14.5 Å². The van der Waals surface area contributed by atoms with Crippen LogP contribution in [0.15, 0.2) is 54.2 Å². The van der Waals surface area contributed by atoms with Crippen molar-refractivity contribution in [1.82, 2.24) is 9.80 Å². The number of rotatable bonds is 7.